The Kier molecular flexibility index (Phi) is 3.38. The minimum absolute atomic E-state index is 0.322. The lowest BCUT2D eigenvalue weighted by Crippen LogP contribution is -2.51. The van der Waals surface area contributed by atoms with Crippen LogP contribution in [0.1, 0.15) is 57.8 Å². The largest absolute Gasteiger partial charge is 0.296 e. The smallest absolute Gasteiger partial charge is 0.0672 e. The van der Waals surface area contributed by atoms with Crippen molar-refractivity contribution in [3.8, 4) is 6.07 Å². The molecule has 3 aliphatic rings. The molecule has 4 unspecified atom stereocenters. The van der Waals surface area contributed by atoms with E-state index in [1.54, 1.807) is 0 Å². The van der Waals surface area contributed by atoms with Crippen LogP contribution in [0.15, 0.2) is 0 Å². The zero-order chi connectivity index (χ0) is 11.7. The average molecular weight is 232 g/mol. The van der Waals surface area contributed by atoms with Crippen LogP contribution in [0.4, 0.5) is 0 Å². The van der Waals surface area contributed by atoms with Crippen molar-refractivity contribution < 1.29 is 0 Å². The molecule has 94 valence electrons. The molecular formula is C15H24N2. The Hall–Kier alpha value is -0.550. The zero-order valence-corrected chi connectivity index (χ0v) is 10.8. The van der Waals surface area contributed by atoms with Crippen molar-refractivity contribution in [1.29, 1.82) is 5.26 Å². The molecule has 2 heteroatoms. The molecule has 3 rings (SSSR count). The van der Waals surface area contributed by atoms with E-state index in [2.05, 4.69) is 11.0 Å². The summed E-state index contributed by atoms with van der Waals surface area (Å²) in [5.41, 5.74) is 0. The highest BCUT2D eigenvalue weighted by atomic mass is 15.2. The predicted molar refractivity (Wildman–Crippen MR) is 68.4 cm³/mol. The van der Waals surface area contributed by atoms with Crippen LogP contribution in [-0.4, -0.2) is 23.5 Å². The van der Waals surface area contributed by atoms with Gasteiger partial charge in [0.2, 0.25) is 0 Å². The minimum Gasteiger partial charge on any atom is -0.296 e. The second-order valence-electron chi connectivity index (χ2n) is 6.23. The van der Waals surface area contributed by atoms with Gasteiger partial charge < -0.3 is 0 Å². The molecule has 1 aliphatic heterocycles. The molecule has 2 aliphatic carbocycles. The third kappa shape index (κ3) is 2.10. The highest BCUT2D eigenvalue weighted by Gasteiger charge is 2.41. The van der Waals surface area contributed by atoms with Gasteiger partial charge in [0, 0.05) is 12.1 Å². The van der Waals surface area contributed by atoms with Crippen LogP contribution in [0.3, 0.4) is 0 Å². The molecule has 3 fully saturated rings. The van der Waals surface area contributed by atoms with Gasteiger partial charge in [0.15, 0.2) is 0 Å². The Morgan fingerprint density at radius 1 is 0.824 bits per heavy atom. The number of hydrogen-bond donors (Lipinski definition) is 0. The van der Waals surface area contributed by atoms with Crippen LogP contribution in [0.25, 0.3) is 0 Å². The maximum absolute atomic E-state index is 9.36. The predicted octanol–water partition coefficient (Wildman–Crippen LogP) is 3.33. The molecule has 17 heavy (non-hydrogen) atoms. The first kappa shape index (κ1) is 11.5. The van der Waals surface area contributed by atoms with Gasteiger partial charge >= 0.3 is 0 Å². The molecule has 4 atom stereocenters. The summed E-state index contributed by atoms with van der Waals surface area (Å²) < 4.78 is 0. The van der Waals surface area contributed by atoms with Crippen molar-refractivity contribution in [2.75, 3.05) is 6.54 Å². The maximum Gasteiger partial charge on any atom is 0.0672 e. The van der Waals surface area contributed by atoms with Crippen molar-refractivity contribution in [1.82, 2.24) is 4.90 Å². The molecule has 0 N–H and O–H groups in total. The summed E-state index contributed by atoms with van der Waals surface area (Å²) >= 11 is 0. The second-order valence-corrected chi connectivity index (χ2v) is 6.23. The third-order valence-electron chi connectivity index (χ3n) is 5.36. The Bertz CT molecular complexity index is 307. The van der Waals surface area contributed by atoms with Gasteiger partial charge in [-0.25, -0.2) is 0 Å². The zero-order valence-electron chi connectivity index (χ0n) is 10.8. The standard InChI is InChI=1S/C15H24N2/c16-11-13-5-1-2-8-15(13)17-10-4-7-12-6-3-9-14(12)17/h12-15H,1-10H2. The fraction of sp³-hybridized carbons (Fsp3) is 0.933. The molecule has 0 amide bonds. The number of fused-ring (bicyclic) bond motifs is 1. The number of piperidine rings is 1. The van der Waals surface area contributed by atoms with Gasteiger partial charge in [-0.3, -0.25) is 4.90 Å². The molecule has 1 saturated heterocycles. The molecule has 0 spiro atoms. The molecule has 1 heterocycles. The molecule has 0 aromatic carbocycles. The lowest BCUT2D eigenvalue weighted by Gasteiger charge is -2.45. The maximum atomic E-state index is 9.36. The lowest BCUT2D eigenvalue weighted by molar-refractivity contribution is 0.0335. The Morgan fingerprint density at radius 2 is 1.59 bits per heavy atom. The first-order valence-corrected chi connectivity index (χ1v) is 7.55. The fourth-order valence-electron chi connectivity index (χ4n) is 4.56. The molecule has 0 bridgehead atoms. The molecular weight excluding hydrogens is 208 g/mol. The summed E-state index contributed by atoms with van der Waals surface area (Å²) in [6.07, 6.45) is 12.1. The molecule has 0 radical (unpaired) electrons. The molecule has 2 saturated carbocycles. The quantitative estimate of drug-likeness (QED) is 0.693. The van der Waals surface area contributed by atoms with Crippen molar-refractivity contribution >= 4 is 0 Å². The van der Waals surface area contributed by atoms with Crippen molar-refractivity contribution in [3.63, 3.8) is 0 Å². The van der Waals surface area contributed by atoms with Gasteiger partial charge in [-0.15, -0.1) is 0 Å². The molecule has 0 aromatic heterocycles. The fourth-order valence-corrected chi connectivity index (χ4v) is 4.56. The summed E-state index contributed by atoms with van der Waals surface area (Å²) in [7, 11) is 0. The number of nitrogens with zero attached hydrogens (tertiary/aromatic N) is 2. The van der Waals surface area contributed by atoms with Crippen LogP contribution in [-0.2, 0) is 0 Å². The van der Waals surface area contributed by atoms with Crippen LogP contribution in [0, 0.1) is 23.2 Å². The number of hydrogen-bond acceptors (Lipinski definition) is 2. The summed E-state index contributed by atoms with van der Waals surface area (Å²) in [6, 6.07) is 4.02. The van der Waals surface area contributed by atoms with E-state index in [-0.39, 0.29) is 0 Å². The molecule has 0 aromatic rings. The lowest BCUT2D eigenvalue weighted by atomic mass is 9.81. The van der Waals surface area contributed by atoms with E-state index in [9.17, 15) is 5.26 Å². The van der Waals surface area contributed by atoms with Gasteiger partial charge in [0.05, 0.1) is 12.0 Å². The Labute approximate surface area is 105 Å². The van der Waals surface area contributed by atoms with Gasteiger partial charge in [0.25, 0.3) is 0 Å². The topological polar surface area (TPSA) is 27.0 Å². The van der Waals surface area contributed by atoms with Gasteiger partial charge in [-0.2, -0.15) is 5.26 Å². The summed E-state index contributed by atoms with van der Waals surface area (Å²) in [5, 5.41) is 9.36. The second kappa shape index (κ2) is 4.98. The first-order chi connectivity index (χ1) is 8.40. The van der Waals surface area contributed by atoms with Crippen molar-refractivity contribution in [2.24, 2.45) is 11.8 Å². The molecule has 2 nitrogen and oxygen atoms in total. The summed E-state index contributed by atoms with van der Waals surface area (Å²) in [4.78, 5) is 2.76. The van der Waals surface area contributed by atoms with E-state index in [1.807, 2.05) is 0 Å². The van der Waals surface area contributed by atoms with Crippen LogP contribution in [0.2, 0.25) is 0 Å². The van der Waals surface area contributed by atoms with Gasteiger partial charge in [0.1, 0.15) is 0 Å². The monoisotopic (exact) mass is 232 g/mol. The number of likely N-dealkylation sites (tertiary alicyclic amines) is 1. The third-order valence-corrected chi connectivity index (χ3v) is 5.36. The highest BCUT2D eigenvalue weighted by molar-refractivity contribution is 5.00. The SMILES string of the molecule is N#CC1CCCCC1N1CCCC2CCCC21. The average Bonchev–Trinajstić information content (AvgIpc) is 2.86. The highest BCUT2D eigenvalue weighted by Crippen LogP contribution is 2.41. The van der Waals surface area contributed by atoms with Crippen LogP contribution < -0.4 is 0 Å². The number of nitriles is 1. The van der Waals surface area contributed by atoms with E-state index in [0.717, 1.165) is 18.4 Å². The first-order valence-electron chi connectivity index (χ1n) is 7.55. The van der Waals surface area contributed by atoms with E-state index in [1.165, 1.54) is 57.9 Å². The van der Waals surface area contributed by atoms with E-state index < -0.39 is 0 Å². The number of rotatable bonds is 1. The van der Waals surface area contributed by atoms with Crippen LogP contribution in [0.5, 0.6) is 0 Å². The van der Waals surface area contributed by atoms with E-state index >= 15 is 0 Å². The normalized spacial score (nSPS) is 43.0. The van der Waals surface area contributed by atoms with Crippen LogP contribution >= 0.6 is 0 Å². The van der Waals surface area contributed by atoms with E-state index in [0.29, 0.717) is 12.0 Å². The van der Waals surface area contributed by atoms with Crippen molar-refractivity contribution in [3.05, 3.63) is 0 Å². The Balaban J connectivity index is 1.75. The minimum atomic E-state index is 0.322. The van der Waals surface area contributed by atoms with E-state index in [4.69, 9.17) is 0 Å². The van der Waals surface area contributed by atoms with Gasteiger partial charge in [-0.05, 0) is 51.0 Å². The Morgan fingerprint density at radius 3 is 2.47 bits per heavy atom. The van der Waals surface area contributed by atoms with Gasteiger partial charge in [-0.1, -0.05) is 19.3 Å². The summed E-state index contributed by atoms with van der Waals surface area (Å²) in [5.74, 6) is 1.29. The van der Waals surface area contributed by atoms with Crippen molar-refractivity contribution in [2.45, 2.75) is 69.9 Å². The summed E-state index contributed by atoms with van der Waals surface area (Å²) in [6.45, 7) is 1.27.